The van der Waals surface area contributed by atoms with Crippen LogP contribution in [0.1, 0.15) is 5.69 Å². The maximum absolute atomic E-state index is 4.14. The highest BCUT2D eigenvalue weighted by atomic mass is 79.9. The lowest BCUT2D eigenvalue weighted by Gasteiger charge is -1.91. The SMILES string of the molecule is Cc1nc(Br)n(C)c1Br. The van der Waals surface area contributed by atoms with Crippen LogP contribution in [0.15, 0.2) is 9.34 Å². The Morgan fingerprint density at radius 3 is 2.11 bits per heavy atom. The maximum atomic E-state index is 4.14. The molecule has 0 radical (unpaired) electrons. The molecule has 1 aromatic rings. The second-order valence-electron chi connectivity index (χ2n) is 1.82. The van der Waals surface area contributed by atoms with E-state index in [0.717, 1.165) is 15.0 Å². The molecular formula is C5H6Br2N2. The molecule has 2 nitrogen and oxygen atoms in total. The molecule has 0 unspecified atom stereocenters. The number of nitrogens with zero attached hydrogens (tertiary/aromatic N) is 2. The van der Waals surface area contributed by atoms with Crippen LogP contribution in [0, 0.1) is 6.92 Å². The summed E-state index contributed by atoms with van der Waals surface area (Å²) in [5.41, 5.74) is 1.00. The van der Waals surface area contributed by atoms with Gasteiger partial charge in [-0.05, 0) is 38.8 Å². The highest BCUT2D eigenvalue weighted by molar-refractivity contribution is 9.11. The van der Waals surface area contributed by atoms with Gasteiger partial charge in [0.25, 0.3) is 0 Å². The van der Waals surface area contributed by atoms with Crippen LogP contribution in [-0.2, 0) is 7.05 Å². The number of hydrogen-bond donors (Lipinski definition) is 0. The molecule has 0 saturated heterocycles. The van der Waals surface area contributed by atoms with E-state index >= 15 is 0 Å². The van der Waals surface area contributed by atoms with E-state index in [-0.39, 0.29) is 0 Å². The first kappa shape index (κ1) is 7.28. The van der Waals surface area contributed by atoms with Gasteiger partial charge in [0.1, 0.15) is 4.60 Å². The number of aryl methyl sites for hydroxylation is 1. The molecular weight excluding hydrogens is 248 g/mol. The van der Waals surface area contributed by atoms with Gasteiger partial charge in [-0.15, -0.1) is 0 Å². The Hall–Kier alpha value is 0.170. The molecule has 0 saturated carbocycles. The lowest BCUT2D eigenvalue weighted by molar-refractivity contribution is 0.860. The van der Waals surface area contributed by atoms with Gasteiger partial charge in [0.15, 0.2) is 4.73 Å². The van der Waals surface area contributed by atoms with Crippen molar-refractivity contribution < 1.29 is 0 Å². The monoisotopic (exact) mass is 252 g/mol. The van der Waals surface area contributed by atoms with Crippen LogP contribution in [-0.4, -0.2) is 9.55 Å². The van der Waals surface area contributed by atoms with Crippen LogP contribution in [0.3, 0.4) is 0 Å². The average molecular weight is 254 g/mol. The standard InChI is InChI=1S/C5H6Br2N2/c1-3-4(6)9(2)5(7)8-3/h1-2H3. The zero-order valence-corrected chi connectivity index (χ0v) is 8.32. The van der Waals surface area contributed by atoms with E-state index in [9.17, 15) is 0 Å². The summed E-state index contributed by atoms with van der Waals surface area (Å²) in [4.78, 5) is 4.14. The average Bonchev–Trinajstić information content (AvgIpc) is 1.98. The minimum atomic E-state index is 0.854. The molecule has 0 aliphatic heterocycles. The smallest absolute Gasteiger partial charge is 0.177 e. The van der Waals surface area contributed by atoms with Crippen LogP contribution >= 0.6 is 31.9 Å². The fourth-order valence-corrected chi connectivity index (χ4v) is 1.52. The van der Waals surface area contributed by atoms with Gasteiger partial charge in [-0.1, -0.05) is 0 Å². The van der Waals surface area contributed by atoms with E-state index in [0.29, 0.717) is 0 Å². The topological polar surface area (TPSA) is 17.8 Å². The number of halogens is 2. The fourth-order valence-electron chi connectivity index (χ4n) is 0.583. The van der Waals surface area contributed by atoms with Crippen LogP contribution in [0.5, 0.6) is 0 Å². The van der Waals surface area contributed by atoms with Gasteiger partial charge in [-0.25, -0.2) is 4.98 Å². The summed E-state index contributed by atoms with van der Waals surface area (Å²) in [6.07, 6.45) is 0. The predicted molar refractivity (Wildman–Crippen MR) is 43.3 cm³/mol. The van der Waals surface area contributed by atoms with Crippen molar-refractivity contribution in [2.75, 3.05) is 0 Å². The van der Waals surface area contributed by atoms with Crippen molar-refractivity contribution in [1.29, 1.82) is 0 Å². The third kappa shape index (κ3) is 1.19. The molecule has 0 atom stereocenters. The molecule has 4 heteroatoms. The summed E-state index contributed by atoms with van der Waals surface area (Å²) in [5, 5.41) is 0. The maximum Gasteiger partial charge on any atom is 0.177 e. The molecule has 0 spiro atoms. The Kier molecular flexibility index (Phi) is 1.96. The van der Waals surface area contributed by atoms with E-state index in [1.54, 1.807) is 0 Å². The number of rotatable bonds is 0. The van der Waals surface area contributed by atoms with Gasteiger partial charge in [0, 0.05) is 7.05 Å². The van der Waals surface area contributed by atoms with Crippen molar-refractivity contribution in [1.82, 2.24) is 9.55 Å². The highest BCUT2D eigenvalue weighted by Crippen LogP contribution is 2.19. The van der Waals surface area contributed by atoms with Gasteiger partial charge in [-0.2, -0.15) is 0 Å². The van der Waals surface area contributed by atoms with Crippen LogP contribution < -0.4 is 0 Å². The summed E-state index contributed by atoms with van der Waals surface area (Å²) in [6, 6.07) is 0. The Balaban J connectivity index is 3.29. The van der Waals surface area contributed by atoms with E-state index < -0.39 is 0 Å². The molecule has 0 aliphatic carbocycles. The van der Waals surface area contributed by atoms with Gasteiger partial charge in [0.05, 0.1) is 5.69 Å². The van der Waals surface area contributed by atoms with Crippen LogP contribution in [0.2, 0.25) is 0 Å². The number of aromatic nitrogens is 2. The lowest BCUT2D eigenvalue weighted by atomic mass is 10.6. The normalized spacial score (nSPS) is 10.2. The molecule has 0 fully saturated rings. The van der Waals surface area contributed by atoms with Gasteiger partial charge >= 0.3 is 0 Å². The second kappa shape index (κ2) is 2.42. The molecule has 1 aromatic heterocycles. The molecule has 0 aliphatic rings. The minimum absolute atomic E-state index is 0.854. The van der Waals surface area contributed by atoms with Crippen LogP contribution in [0.25, 0.3) is 0 Å². The Labute approximate surface area is 70.5 Å². The zero-order chi connectivity index (χ0) is 7.02. The molecule has 50 valence electrons. The van der Waals surface area contributed by atoms with E-state index in [1.165, 1.54) is 0 Å². The first-order chi connectivity index (χ1) is 4.13. The molecule has 0 aromatic carbocycles. The lowest BCUT2D eigenvalue weighted by Crippen LogP contribution is -1.86. The van der Waals surface area contributed by atoms with Crippen molar-refractivity contribution in [3.63, 3.8) is 0 Å². The third-order valence-electron chi connectivity index (χ3n) is 1.13. The molecule has 0 amide bonds. The van der Waals surface area contributed by atoms with Crippen molar-refractivity contribution in [2.24, 2.45) is 7.05 Å². The minimum Gasteiger partial charge on any atom is -0.316 e. The van der Waals surface area contributed by atoms with E-state index in [4.69, 9.17) is 0 Å². The molecule has 0 bridgehead atoms. The van der Waals surface area contributed by atoms with Crippen molar-refractivity contribution in [2.45, 2.75) is 6.92 Å². The van der Waals surface area contributed by atoms with Gasteiger partial charge in [0.2, 0.25) is 0 Å². The predicted octanol–water partition coefficient (Wildman–Crippen LogP) is 2.25. The second-order valence-corrected chi connectivity index (χ2v) is 3.28. The quantitative estimate of drug-likeness (QED) is 0.694. The molecule has 0 N–H and O–H groups in total. The summed E-state index contributed by atoms with van der Waals surface area (Å²) in [5.74, 6) is 0. The fraction of sp³-hybridized carbons (Fsp3) is 0.400. The first-order valence-corrected chi connectivity index (χ1v) is 4.06. The zero-order valence-electron chi connectivity index (χ0n) is 5.15. The summed E-state index contributed by atoms with van der Waals surface area (Å²) >= 11 is 6.66. The van der Waals surface area contributed by atoms with Crippen molar-refractivity contribution in [3.8, 4) is 0 Å². The first-order valence-electron chi connectivity index (χ1n) is 2.47. The molecule has 9 heavy (non-hydrogen) atoms. The van der Waals surface area contributed by atoms with Crippen molar-refractivity contribution in [3.05, 3.63) is 15.0 Å². The van der Waals surface area contributed by atoms with E-state index in [2.05, 4.69) is 36.8 Å². The summed E-state index contributed by atoms with van der Waals surface area (Å²) < 4.78 is 3.80. The van der Waals surface area contributed by atoms with Gasteiger partial charge < -0.3 is 4.57 Å². The van der Waals surface area contributed by atoms with Gasteiger partial charge in [-0.3, -0.25) is 0 Å². The van der Waals surface area contributed by atoms with Crippen molar-refractivity contribution >= 4 is 31.9 Å². The van der Waals surface area contributed by atoms with Crippen LogP contribution in [0.4, 0.5) is 0 Å². The summed E-state index contributed by atoms with van der Waals surface area (Å²) in [6.45, 7) is 1.95. The highest BCUT2D eigenvalue weighted by Gasteiger charge is 2.03. The number of imidazole rings is 1. The number of hydrogen-bond acceptors (Lipinski definition) is 1. The van der Waals surface area contributed by atoms with E-state index in [1.807, 2.05) is 18.5 Å². The summed E-state index contributed by atoms with van der Waals surface area (Å²) in [7, 11) is 1.94. The third-order valence-corrected chi connectivity index (χ3v) is 2.94. The molecule has 1 rings (SSSR count). The Morgan fingerprint density at radius 2 is 2.00 bits per heavy atom. The molecule has 1 heterocycles. The Morgan fingerprint density at radius 1 is 1.44 bits per heavy atom. The largest absolute Gasteiger partial charge is 0.316 e. The Bertz CT molecular complexity index is 207.